The number of aryl methyl sites for hydroxylation is 2. The maximum atomic E-state index is 13.8. The number of Topliss-reactive ketones (excluding diaryl/α,β-unsaturated/α-hetero) is 2. The number of hydrogen-bond donors (Lipinski definition) is 0. The lowest BCUT2D eigenvalue weighted by Crippen LogP contribution is -2.44. The van der Waals surface area contributed by atoms with Gasteiger partial charge in [-0.15, -0.1) is 0 Å². The zero-order valence-electron chi connectivity index (χ0n) is 23.5. The Morgan fingerprint density at radius 3 is 2.37 bits per heavy atom. The third kappa shape index (κ3) is 4.76. The van der Waals surface area contributed by atoms with Crippen LogP contribution in [-0.4, -0.2) is 54.2 Å². The SMILES string of the molecule is CC(=O)c1nn(CC(=O)N2[C@H](C(=O)CCC(C)(C)C)C[C@@]3(C)C[C@@H]23)c2c(C)cc(-c3cnc(C)nc3)cc12. The predicted molar refractivity (Wildman–Crippen MR) is 146 cm³/mol. The first-order valence-electron chi connectivity index (χ1n) is 13.4. The van der Waals surface area contributed by atoms with Gasteiger partial charge in [-0.25, -0.2) is 9.97 Å². The van der Waals surface area contributed by atoms with Crippen molar-refractivity contribution in [3.05, 3.63) is 41.6 Å². The van der Waals surface area contributed by atoms with Gasteiger partial charge in [-0.2, -0.15) is 5.10 Å². The highest BCUT2D eigenvalue weighted by molar-refractivity contribution is 6.07. The largest absolute Gasteiger partial charge is 0.327 e. The number of benzene rings is 1. The number of fused-ring (bicyclic) bond motifs is 2. The van der Waals surface area contributed by atoms with Crippen LogP contribution in [0.5, 0.6) is 0 Å². The molecule has 1 aromatic carbocycles. The second-order valence-corrected chi connectivity index (χ2v) is 12.7. The normalized spacial score (nSPS) is 22.6. The highest BCUT2D eigenvalue weighted by Crippen LogP contribution is 2.59. The molecule has 0 spiro atoms. The predicted octanol–water partition coefficient (Wildman–Crippen LogP) is 5.09. The average Bonchev–Trinajstić information content (AvgIpc) is 3.19. The van der Waals surface area contributed by atoms with Crippen molar-refractivity contribution in [3.8, 4) is 11.1 Å². The maximum absolute atomic E-state index is 13.8. The summed E-state index contributed by atoms with van der Waals surface area (Å²) in [4.78, 5) is 50.0. The van der Waals surface area contributed by atoms with Crippen LogP contribution in [0.3, 0.4) is 0 Å². The number of carbonyl (C=O) groups is 3. The second kappa shape index (κ2) is 9.10. The van der Waals surface area contributed by atoms with Crippen molar-refractivity contribution in [1.29, 1.82) is 0 Å². The molecule has 3 aromatic rings. The molecule has 38 heavy (non-hydrogen) atoms. The molecule has 0 radical (unpaired) electrons. The number of rotatable bonds is 7. The van der Waals surface area contributed by atoms with Gasteiger partial charge in [-0.3, -0.25) is 19.1 Å². The number of ketones is 2. The van der Waals surface area contributed by atoms with E-state index < -0.39 is 0 Å². The molecular formula is C30H37N5O3. The molecule has 1 aliphatic heterocycles. The van der Waals surface area contributed by atoms with Crippen molar-refractivity contribution in [1.82, 2.24) is 24.6 Å². The van der Waals surface area contributed by atoms with Gasteiger partial charge >= 0.3 is 0 Å². The van der Waals surface area contributed by atoms with Crippen LogP contribution in [0.2, 0.25) is 0 Å². The summed E-state index contributed by atoms with van der Waals surface area (Å²) in [5.74, 6) is 0.563. The van der Waals surface area contributed by atoms with Crippen LogP contribution >= 0.6 is 0 Å². The van der Waals surface area contributed by atoms with E-state index in [1.54, 1.807) is 17.1 Å². The van der Waals surface area contributed by atoms with Crippen molar-refractivity contribution in [2.75, 3.05) is 0 Å². The number of aromatic nitrogens is 4. The summed E-state index contributed by atoms with van der Waals surface area (Å²) in [6.07, 6.45) is 6.46. The van der Waals surface area contributed by atoms with Crippen LogP contribution in [0.15, 0.2) is 24.5 Å². The van der Waals surface area contributed by atoms with E-state index in [1.807, 2.05) is 30.9 Å². The van der Waals surface area contributed by atoms with Crippen LogP contribution in [0.1, 0.15) is 82.2 Å². The smallest absolute Gasteiger partial charge is 0.245 e. The fraction of sp³-hybridized carbons (Fsp3) is 0.533. The third-order valence-electron chi connectivity index (χ3n) is 8.18. The molecule has 1 amide bonds. The Labute approximate surface area is 223 Å². The maximum Gasteiger partial charge on any atom is 0.245 e. The van der Waals surface area contributed by atoms with Gasteiger partial charge in [-0.05, 0) is 67.2 Å². The molecule has 8 nitrogen and oxygen atoms in total. The van der Waals surface area contributed by atoms with Gasteiger partial charge < -0.3 is 4.90 Å². The Kier molecular flexibility index (Phi) is 6.27. The minimum Gasteiger partial charge on any atom is -0.327 e. The molecule has 8 heteroatoms. The Morgan fingerprint density at radius 2 is 1.74 bits per heavy atom. The van der Waals surface area contributed by atoms with E-state index in [1.165, 1.54) is 6.92 Å². The van der Waals surface area contributed by atoms with E-state index in [2.05, 4.69) is 42.8 Å². The van der Waals surface area contributed by atoms with Gasteiger partial charge in [0.15, 0.2) is 11.6 Å². The van der Waals surface area contributed by atoms with Crippen LogP contribution in [0, 0.1) is 24.7 Å². The van der Waals surface area contributed by atoms with Gasteiger partial charge in [-0.1, -0.05) is 27.7 Å². The molecule has 2 fully saturated rings. The lowest BCUT2D eigenvalue weighted by Gasteiger charge is -2.28. The molecular weight excluding hydrogens is 478 g/mol. The molecule has 1 saturated heterocycles. The van der Waals surface area contributed by atoms with Gasteiger partial charge in [0.25, 0.3) is 0 Å². The Morgan fingerprint density at radius 1 is 1.05 bits per heavy atom. The number of piperidine rings is 1. The summed E-state index contributed by atoms with van der Waals surface area (Å²) in [5, 5.41) is 5.31. The highest BCUT2D eigenvalue weighted by Gasteiger charge is 2.64. The summed E-state index contributed by atoms with van der Waals surface area (Å²) in [7, 11) is 0. The van der Waals surface area contributed by atoms with Crippen LogP contribution < -0.4 is 0 Å². The van der Waals surface area contributed by atoms with E-state index in [-0.39, 0.29) is 46.9 Å². The zero-order valence-corrected chi connectivity index (χ0v) is 23.5. The molecule has 2 aliphatic rings. The first-order chi connectivity index (χ1) is 17.8. The van der Waals surface area contributed by atoms with Crippen molar-refractivity contribution in [2.24, 2.45) is 10.8 Å². The van der Waals surface area contributed by atoms with Crippen LogP contribution in [-0.2, 0) is 16.1 Å². The summed E-state index contributed by atoms with van der Waals surface area (Å²) < 4.78 is 1.65. The first kappa shape index (κ1) is 26.2. The van der Waals surface area contributed by atoms with Crippen molar-refractivity contribution in [2.45, 2.75) is 92.8 Å². The van der Waals surface area contributed by atoms with E-state index in [0.29, 0.717) is 23.3 Å². The molecule has 0 N–H and O–H groups in total. The second-order valence-electron chi connectivity index (χ2n) is 12.7. The number of likely N-dealkylation sites (tertiary alicyclic amines) is 1. The lowest BCUT2D eigenvalue weighted by atomic mass is 9.87. The molecule has 0 bridgehead atoms. The molecule has 5 rings (SSSR count). The number of nitrogens with zero attached hydrogens (tertiary/aromatic N) is 5. The third-order valence-corrected chi connectivity index (χ3v) is 8.18. The molecule has 2 aromatic heterocycles. The van der Waals surface area contributed by atoms with Crippen LogP contribution in [0.4, 0.5) is 0 Å². The van der Waals surface area contributed by atoms with Crippen molar-refractivity contribution >= 4 is 28.4 Å². The van der Waals surface area contributed by atoms with Gasteiger partial charge in [0.2, 0.25) is 5.91 Å². The zero-order chi connectivity index (χ0) is 27.6. The highest BCUT2D eigenvalue weighted by atomic mass is 16.2. The fourth-order valence-corrected chi connectivity index (χ4v) is 5.89. The summed E-state index contributed by atoms with van der Waals surface area (Å²) in [6, 6.07) is 3.65. The standard InChI is InChI=1S/C30H37N5O3/c1-17-10-20(21-14-31-19(3)32-15-21)11-22-27(18(2)36)33-34(28(17)22)16-26(38)35-23(12-30(7)13-25(30)35)24(37)8-9-29(4,5)6/h10-11,14-15,23,25H,8-9,12-13,16H2,1-7H3/t23-,25+,30-/m0/s1. The monoisotopic (exact) mass is 515 g/mol. The van der Waals surface area contributed by atoms with E-state index in [0.717, 1.165) is 41.5 Å². The number of hydrogen-bond acceptors (Lipinski definition) is 6. The van der Waals surface area contributed by atoms with Gasteiger partial charge in [0, 0.05) is 42.7 Å². The minimum atomic E-state index is -0.378. The Balaban J connectivity index is 1.47. The van der Waals surface area contributed by atoms with E-state index >= 15 is 0 Å². The quantitative estimate of drug-likeness (QED) is 0.407. The number of amides is 1. The van der Waals surface area contributed by atoms with Gasteiger partial charge in [0.1, 0.15) is 18.1 Å². The fourth-order valence-electron chi connectivity index (χ4n) is 5.89. The Hall–Kier alpha value is -3.42. The average molecular weight is 516 g/mol. The minimum absolute atomic E-state index is 0.00671. The van der Waals surface area contributed by atoms with Crippen molar-refractivity contribution < 1.29 is 14.4 Å². The first-order valence-corrected chi connectivity index (χ1v) is 13.4. The molecule has 0 unspecified atom stereocenters. The summed E-state index contributed by atoms with van der Waals surface area (Å²) in [6.45, 7) is 13.8. The van der Waals surface area contributed by atoms with Gasteiger partial charge in [0.05, 0.1) is 11.6 Å². The van der Waals surface area contributed by atoms with E-state index in [9.17, 15) is 14.4 Å². The summed E-state index contributed by atoms with van der Waals surface area (Å²) >= 11 is 0. The molecule has 1 saturated carbocycles. The number of carbonyl (C=O) groups excluding carboxylic acids is 3. The molecule has 3 heterocycles. The topological polar surface area (TPSA) is 98.1 Å². The summed E-state index contributed by atoms with van der Waals surface area (Å²) in [5.41, 5.74) is 3.82. The van der Waals surface area contributed by atoms with Crippen molar-refractivity contribution in [3.63, 3.8) is 0 Å². The van der Waals surface area contributed by atoms with E-state index in [4.69, 9.17) is 0 Å². The molecule has 1 aliphatic carbocycles. The lowest BCUT2D eigenvalue weighted by molar-refractivity contribution is -0.139. The Bertz CT molecular complexity index is 1450. The molecule has 3 atom stereocenters. The molecule has 200 valence electrons. The van der Waals surface area contributed by atoms with Crippen LogP contribution in [0.25, 0.3) is 22.0 Å².